The van der Waals surface area contributed by atoms with E-state index >= 15 is 0 Å². The van der Waals surface area contributed by atoms with E-state index in [1.807, 2.05) is 0 Å². The van der Waals surface area contributed by atoms with Gasteiger partial charge >= 0.3 is 0 Å². The van der Waals surface area contributed by atoms with Crippen molar-refractivity contribution in [3.63, 3.8) is 0 Å². The van der Waals surface area contributed by atoms with Gasteiger partial charge in [-0.15, -0.1) is 0 Å². The van der Waals surface area contributed by atoms with Crippen molar-refractivity contribution in [3.8, 4) is 5.75 Å². The Labute approximate surface area is 172 Å². The minimum atomic E-state index is -0.376. The summed E-state index contributed by atoms with van der Waals surface area (Å²) in [5.41, 5.74) is 0.574. The number of hydrogen-bond acceptors (Lipinski definition) is 4. The van der Waals surface area contributed by atoms with Crippen LogP contribution in [0.3, 0.4) is 0 Å². The van der Waals surface area contributed by atoms with E-state index in [1.165, 1.54) is 12.3 Å². The molecule has 0 aliphatic heterocycles. The third-order valence-corrected chi connectivity index (χ3v) is 4.77. The average Bonchev–Trinajstić information content (AvgIpc) is 3.26. The summed E-state index contributed by atoms with van der Waals surface area (Å²) in [6.07, 6.45) is 7.39. The van der Waals surface area contributed by atoms with Gasteiger partial charge in [0.15, 0.2) is 0 Å². The summed E-state index contributed by atoms with van der Waals surface area (Å²) in [4.78, 5) is 25.4. The van der Waals surface area contributed by atoms with Crippen LogP contribution in [0.5, 0.6) is 5.75 Å². The molecule has 2 rings (SSSR count). The van der Waals surface area contributed by atoms with E-state index in [0.717, 1.165) is 25.7 Å². The Morgan fingerprint density at radius 2 is 1.93 bits per heavy atom. The molecule has 0 saturated carbocycles. The van der Waals surface area contributed by atoms with Gasteiger partial charge in [-0.05, 0) is 48.7 Å². The van der Waals surface area contributed by atoms with Crippen LogP contribution in [-0.2, 0) is 4.79 Å². The molecule has 1 aromatic heterocycles. The van der Waals surface area contributed by atoms with E-state index in [2.05, 4.69) is 24.5 Å². The van der Waals surface area contributed by atoms with Crippen molar-refractivity contribution in [3.05, 3.63) is 59.7 Å². The van der Waals surface area contributed by atoms with Crippen LogP contribution in [0, 0.1) is 5.92 Å². The SMILES string of the molecule is CCCCC(CC)CNC(=O)/C(=C/c1ccco1)NC(=O)c1ccc(OC)cc1. The summed E-state index contributed by atoms with van der Waals surface area (Å²) in [6, 6.07) is 10.1. The van der Waals surface area contributed by atoms with Crippen LogP contribution < -0.4 is 15.4 Å². The lowest BCUT2D eigenvalue weighted by atomic mass is 9.99. The van der Waals surface area contributed by atoms with Crippen LogP contribution in [0.2, 0.25) is 0 Å². The predicted molar refractivity (Wildman–Crippen MR) is 113 cm³/mol. The highest BCUT2D eigenvalue weighted by molar-refractivity contribution is 6.05. The molecule has 2 amide bonds. The van der Waals surface area contributed by atoms with Crippen LogP contribution in [0.4, 0.5) is 0 Å². The summed E-state index contributed by atoms with van der Waals surface area (Å²) in [7, 11) is 1.56. The van der Waals surface area contributed by atoms with Gasteiger partial charge in [0, 0.05) is 18.2 Å². The van der Waals surface area contributed by atoms with Crippen LogP contribution in [0.25, 0.3) is 6.08 Å². The smallest absolute Gasteiger partial charge is 0.267 e. The molecule has 1 unspecified atom stereocenters. The fourth-order valence-electron chi connectivity index (χ4n) is 2.89. The van der Waals surface area contributed by atoms with Crippen molar-refractivity contribution in [2.24, 2.45) is 5.92 Å². The maximum Gasteiger partial charge on any atom is 0.267 e. The second-order valence-electron chi connectivity index (χ2n) is 6.88. The molecule has 2 N–H and O–H groups in total. The lowest BCUT2D eigenvalue weighted by molar-refractivity contribution is -0.117. The van der Waals surface area contributed by atoms with Gasteiger partial charge in [-0.3, -0.25) is 9.59 Å². The van der Waals surface area contributed by atoms with E-state index in [0.29, 0.717) is 29.5 Å². The zero-order valence-corrected chi connectivity index (χ0v) is 17.4. The molecule has 156 valence electrons. The second kappa shape index (κ2) is 11.7. The largest absolute Gasteiger partial charge is 0.497 e. The summed E-state index contributed by atoms with van der Waals surface area (Å²) < 4.78 is 10.4. The first-order chi connectivity index (χ1) is 14.1. The number of benzene rings is 1. The monoisotopic (exact) mass is 398 g/mol. The third-order valence-electron chi connectivity index (χ3n) is 4.77. The summed E-state index contributed by atoms with van der Waals surface area (Å²) in [6.45, 7) is 4.85. The topological polar surface area (TPSA) is 80.6 Å². The van der Waals surface area contributed by atoms with Gasteiger partial charge in [0.1, 0.15) is 17.2 Å². The Balaban J connectivity index is 2.10. The molecule has 6 nitrogen and oxygen atoms in total. The van der Waals surface area contributed by atoms with Crippen molar-refractivity contribution in [2.75, 3.05) is 13.7 Å². The minimum Gasteiger partial charge on any atom is -0.497 e. The number of hydrogen-bond donors (Lipinski definition) is 2. The number of amides is 2. The molecule has 0 radical (unpaired) electrons. The van der Waals surface area contributed by atoms with Gasteiger partial charge in [-0.2, -0.15) is 0 Å². The molecule has 0 aliphatic carbocycles. The maximum atomic E-state index is 12.8. The summed E-state index contributed by atoms with van der Waals surface area (Å²) in [5.74, 6) is 0.851. The fourth-order valence-corrected chi connectivity index (χ4v) is 2.89. The van der Waals surface area contributed by atoms with Gasteiger partial charge in [-0.25, -0.2) is 0 Å². The minimum absolute atomic E-state index is 0.145. The normalized spacial score (nSPS) is 12.3. The second-order valence-corrected chi connectivity index (χ2v) is 6.88. The molecule has 0 saturated heterocycles. The van der Waals surface area contributed by atoms with E-state index in [1.54, 1.807) is 43.5 Å². The van der Waals surface area contributed by atoms with Crippen molar-refractivity contribution in [1.82, 2.24) is 10.6 Å². The Hall–Kier alpha value is -3.02. The van der Waals surface area contributed by atoms with Gasteiger partial charge < -0.3 is 19.8 Å². The quantitative estimate of drug-likeness (QED) is 0.550. The third kappa shape index (κ3) is 7.14. The fraction of sp³-hybridized carbons (Fsp3) is 0.391. The number of ether oxygens (including phenoxy) is 1. The lowest BCUT2D eigenvalue weighted by Crippen LogP contribution is -2.37. The molecule has 1 heterocycles. The Morgan fingerprint density at radius 3 is 2.52 bits per heavy atom. The first-order valence-electron chi connectivity index (χ1n) is 10.1. The van der Waals surface area contributed by atoms with Gasteiger partial charge in [0.2, 0.25) is 0 Å². The molecule has 0 bridgehead atoms. The predicted octanol–water partition coefficient (Wildman–Crippen LogP) is 4.39. The molecule has 0 spiro atoms. The van der Waals surface area contributed by atoms with Gasteiger partial charge in [-0.1, -0.05) is 33.1 Å². The Morgan fingerprint density at radius 1 is 1.17 bits per heavy atom. The highest BCUT2D eigenvalue weighted by atomic mass is 16.5. The molecular weight excluding hydrogens is 368 g/mol. The van der Waals surface area contributed by atoms with Crippen LogP contribution in [0.15, 0.2) is 52.8 Å². The maximum absolute atomic E-state index is 12.8. The number of furan rings is 1. The highest BCUT2D eigenvalue weighted by Gasteiger charge is 2.17. The number of nitrogens with one attached hydrogen (secondary N) is 2. The summed E-state index contributed by atoms with van der Waals surface area (Å²) >= 11 is 0. The first-order valence-corrected chi connectivity index (χ1v) is 10.1. The van der Waals surface area contributed by atoms with Crippen LogP contribution >= 0.6 is 0 Å². The van der Waals surface area contributed by atoms with Gasteiger partial charge in [0.25, 0.3) is 11.8 Å². The molecule has 1 aromatic carbocycles. The number of unbranched alkanes of at least 4 members (excludes halogenated alkanes) is 1. The van der Waals surface area contributed by atoms with E-state index in [4.69, 9.17) is 9.15 Å². The molecule has 0 fully saturated rings. The first kappa shape index (κ1) is 22.3. The Bertz CT molecular complexity index is 795. The van der Waals surface area contributed by atoms with Crippen molar-refractivity contribution < 1.29 is 18.7 Å². The van der Waals surface area contributed by atoms with E-state index in [9.17, 15) is 9.59 Å². The molecule has 0 aliphatic rings. The lowest BCUT2D eigenvalue weighted by Gasteiger charge is -2.16. The van der Waals surface area contributed by atoms with Gasteiger partial charge in [0.05, 0.1) is 13.4 Å². The Kier molecular flexibility index (Phi) is 9.02. The molecular formula is C23H30N2O4. The van der Waals surface area contributed by atoms with E-state index in [-0.39, 0.29) is 17.5 Å². The average molecular weight is 399 g/mol. The number of carbonyl (C=O) groups is 2. The van der Waals surface area contributed by atoms with E-state index < -0.39 is 0 Å². The zero-order chi connectivity index (χ0) is 21.1. The zero-order valence-electron chi connectivity index (χ0n) is 17.4. The molecule has 2 aromatic rings. The van der Waals surface area contributed by atoms with Crippen LogP contribution in [-0.4, -0.2) is 25.5 Å². The number of rotatable bonds is 11. The van der Waals surface area contributed by atoms with Crippen LogP contribution in [0.1, 0.15) is 55.6 Å². The molecule has 6 heteroatoms. The number of carbonyl (C=O) groups excluding carboxylic acids is 2. The van der Waals surface area contributed by atoms with Crippen molar-refractivity contribution in [2.45, 2.75) is 39.5 Å². The molecule has 1 atom stereocenters. The molecule has 29 heavy (non-hydrogen) atoms. The summed E-state index contributed by atoms with van der Waals surface area (Å²) in [5, 5.41) is 5.65. The van der Waals surface area contributed by atoms with Crippen molar-refractivity contribution >= 4 is 17.9 Å². The highest BCUT2D eigenvalue weighted by Crippen LogP contribution is 2.14. The standard InChI is InChI=1S/C23H30N2O4/c1-4-6-8-17(5-2)16-24-23(27)21(15-20-9-7-14-29-20)25-22(26)18-10-12-19(28-3)13-11-18/h7,9-15,17H,4-6,8,16H2,1-3H3,(H,24,27)(H,25,26)/b21-15-. The number of methoxy groups -OCH3 is 1. The van der Waals surface area contributed by atoms with Crippen molar-refractivity contribution in [1.29, 1.82) is 0 Å².